The van der Waals surface area contributed by atoms with E-state index >= 15 is 0 Å². The molecule has 0 fully saturated rings. The minimum atomic E-state index is 0.363. The van der Waals surface area contributed by atoms with Crippen LogP contribution in [0.25, 0.3) is 11.1 Å². The van der Waals surface area contributed by atoms with Crippen molar-refractivity contribution >= 4 is 17.6 Å². The van der Waals surface area contributed by atoms with Gasteiger partial charge in [-0.1, -0.05) is 48.5 Å². The normalized spacial score (nSPS) is 15.6. The topological polar surface area (TPSA) is 24.4 Å². The number of rotatable bonds is 4. The standard InChI is InChI=1S/C17H18N2S/c1-13(17-18-11-12-19-17)20-16-10-6-5-9-15(16)14-7-3-2-4-8-14/h2-10,13H,11-12H2,1H3,(H,18,19). The van der Waals surface area contributed by atoms with Gasteiger partial charge in [0.2, 0.25) is 0 Å². The third-order valence-corrected chi connectivity index (χ3v) is 4.55. The van der Waals surface area contributed by atoms with Crippen molar-refractivity contribution < 1.29 is 0 Å². The number of hydrogen-bond donors (Lipinski definition) is 1. The number of hydrogen-bond acceptors (Lipinski definition) is 3. The minimum absolute atomic E-state index is 0.363. The lowest BCUT2D eigenvalue weighted by atomic mass is 10.1. The average Bonchev–Trinajstić information content (AvgIpc) is 3.03. The Morgan fingerprint density at radius 3 is 2.55 bits per heavy atom. The molecule has 0 saturated carbocycles. The van der Waals surface area contributed by atoms with Gasteiger partial charge in [-0.15, -0.1) is 11.8 Å². The summed E-state index contributed by atoms with van der Waals surface area (Å²) >= 11 is 1.87. The number of thioether (sulfide) groups is 1. The molecule has 1 unspecified atom stereocenters. The van der Waals surface area contributed by atoms with E-state index in [2.05, 4.69) is 71.8 Å². The molecule has 3 rings (SSSR count). The number of aliphatic imine (C=N–C) groups is 1. The van der Waals surface area contributed by atoms with Crippen LogP contribution in [0.5, 0.6) is 0 Å². The van der Waals surface area contributed by atoms with Crippen LogP contribution in [-0.4, -0.2) is 24.2 Å². The lowest BCUT2D eigenvalue weighted by Crippen LogP contribution is -2.26. The van der Waals surface area contributed by atoms with Gasteiger partial charge in [0.1, 0.15) is 5.84 Å². The fourth-order valence-corrected chi connectivity index (χ4v) is 3.48. The van der Waals surface area contributed by atoms with Crippen LogP contribution in [0.1, 0.15) is 6.92 Å². The van der Waals surface area contributed by atoms with Crippen LogP contribution in [0.3, 0.4) is 0 Å². The zero-order valence-corrected chi connectivity index (χ0v) is 12.4. The molecule has 0 amide bonds. The second kappa shape index (κ2) is 6.14. The van der Waals surface area contributed by atoms with Gasteiger partial charge in [0.05, 0.1) is 11.8 Å². The van der Waals surface area contributed by atoms with Crippen molar-refractivity contribution in [3.63, 3.8) is 0 Å². The highest BCUT2D eigenvalue weighted by atomic mass is 32.2. The Kier molecular flexibility index (Phi) is 4.07. The maximum absolute atomic E-state index is 4.52. The maximum Gasteiger partial charge on any atom is 0.110 e. The third kappa shape index (κ3) is 2.88. The van der Waals surface area contributed by atoms with Crippen molar-refractivity contribution in [2.45, 2.75) is 17.1 Å². The van der Waals surface area contributed by atoms with Crippen molar-refractivity contribution in [1.29, 1.82) is 0 Å². The van der Waals surface area contributed by atoms with Crippen LogP contribution in [0, 0.1) is 0 Å². The average molecular weight is 282 g/mol. The van der Waals surface area contributed by atoms with E-state index in [1.807, 2.05) is 11.8 Å². The highest BCUT2D eigenvalue weighted by molar-refractivity contribution is 8.00. The summed E-state index contributed by atoms with van der Waals surface area (Å²) in [5.41, 5.74) is 2.56. The molecule has 0 saturated heterocycles. The van der Waals surface area contributed by atoms with Gasteiger partial charge in [0, 0.05) is 11.4 Å². The van der Waals surface area contributed by atoms with E-state index in [9.17, 15) is 0 Å². The van der Waals surface area contributed by atoms with Crippen molar-refractivity contribution in [3.05, 3.63) is 54.6 Å². The molecule has 0 bridgehead atoms. The van der Waals surface area contributed by atoms with E-state index in [4.69, 9.17) is 0 Å². The Hall–Kier alpha value is -1.74. The number of amidine groups is 1. The summed E-state index contributed by atoms with van der Waals surface area (Å²) in [4.78, 5) is 5.83. The summed E-state index contributed by atoms with van der Waals surface area (Å²) in [5.74, 6) is 1.12. The van der Waals surface area contributed by atoms with Gasteiger partial charge in [0.25, 0.3) is 0 Å². The predicted molar refractivity (Wildman–Crippen MR) is 87.5 cm³/mol. The number of nitrogens with zero attached hydrogens (tertiary/aromatic N) is 1. The molecule has 1 N–H and O–H groups in total. The monoisotopic (exact) mass is 282 g/mol. The second-order valence-corrected chi connectivity index (χ2v) is 6.20. The molecule has 20 heavy (non-hydrogen) atoms. The highest BCUT2D eigenvalue weighted by Gasteiger charge is 2.16. The lowest BCUT2D eigenvalue weighted by molar-refractivity contribution is 0.952. The van der Waals surface area contributed by atoms with Gasteiger partial charge in [0.15, 0.2) is 0 Å². The quantitative estimate of drug-likeness (QED) is 0.862. The largest absolute Gasteiger partial charge is 0.371 e. The maximum atomic E-state index is 4.52. The molecule has 1 aliphatic heterocycles. The summed E-state index contributed by atoms with van der Waals surface area (Å²) in [6.45, 7) is 4.09. The molecule has 2 nitrogen and oxygen atoms in total. The van der Waals surface area contributed by atoms with E-state index in [0.29, 0.717) is 5.25 Å². The van der Waals surface area contributed by atoms with E-state index in [1.54, 1.807) is 0 Å². The number of benzene rings is 2. The fourth-order valence-electron chi connectivity index (χ4n) is 2.36. The first-order chi connectivity index (χ1) is 9.84. The van der Waals surface area contributed by atoms with E-state index < -0.39 is 0 Å². The Balaban J connectivity index is 1.87. The van der Waals surface area contributed by atoms with Crippen molar-refractivity contribution in [1.82, 2.24) is 5.32 Å². The van der Waals surface area contributed by atoms with E-state index in [-0.39, 0.29) is 0 Å². The Bertz CT molecular complexity index is 607. The van der Waals surface area contributed by atoms with Gasteiger partial charge in [-0.2, -0.15) is 0 Å². The van der Waals surface area contributed by atoms with E-state index in [1.165, 1.54) is 16.0 Å². The molecule has 0 aliphatic carbocycles. The van der Waals surface area contributed by atoms with Crippen molar-refractivity contribution in [2.24, 2.45) is 4.99 Å². The molecule has 3 heteroatoms. The van der Waals surface area contributed by atoms with Crippen LogP contribution >= 0.6 is 11.8 Å². The molecule has 102 valence electrons. The SMILES string of the molecule is CC(Sc1ccccc1-c1ccccc1)C1=NCCN1. The van der Waals surface area contributed by atoms with E-state index in [0.717, 1.165) is 18.9 Å². The van der Waals surface area contributed by atoms with Gasteiger partial charge >= 0.3 is 0 Å². The van der Waals surface area contributed by atoms with Crippen LogP contribution in [0.4, 0.5) is 0 Å². The van der Waals surface area contributed by atoms with Crippen molar-refractivity contribution in [3.8, 4) is 11.1 Å². The molecule has 2 aromatic carbocycles. The third-order valence-electron chi connectivity index (χ3n) is 3.36. The molecule has 0 aromatic heterocycles. The van der Waals surface area contributed by atoms with Crippen LogP contribution < -0.4 is 5.32 Å². The molecular weight excluding hydrogens is 264 g/mol. The van der Waals surface area contributed by atoms with Gasteiger partial charge in [-0.3, -0.25) is 4.99 Å². The Labute approximate surface area is 124 Å². The zero-order chi connectivity index (χ0) is 13.8. The predicted octanol–water partition coefficient (Wildman–Crippen LogP) is 3.84. The lowest BCUT2D eigenvalue weighted by Gasteiger charge is -2.15. The summed E-state index contributed by atoms with van der Waals surface area (Å²) in [6, 6.07) is 19.1. The first-order valence-corrected chi connectivity index (χ1v) is 7.82. The molecular formula is C17H18N2S. The summed E-state index contributed by atoms with van der Waals surface area (Å²) < 4.78 is 0. The summed E-state index contributed by atoms with van der Waals surface area (Å²) in [5, 5.41) is 3.73. The summed E-state index contributed by atoms with van der Waals surface area (Å²) in [7, 11) is 0. The molecule has 1 atom stereocenters. The molecule has 1 heterocycles. The minimum Gasteiger partial charge on any atom is -0.371 e. The Morgan fingerprint density at radius 2 is 1.80 bits per heavy atom. The highest BCUT2D eigenvalue weighted by Crippen LogP contribution is 2.33. The first kappa shape index (κ1) is 13.3. The van der Waals surface area contributed by atoms with Crippen LogP contribution in [-0.2, 0) is 0 Å². The van der Waals surface area contributed by atoms with Crippen LogP contribution in [0.15, 0.2) is 64.5 Å². The zero-order valence-electron chi connectivity index (χ0n) is 11.5. The van der Waals surface area contributed by atoms with Gasteiger partial charge in [-0.05, 0) is 24.1 Å². The van der Waals surface area contributed by atoms with Gasteiger partial charge in [-0.25, -0.2) is 0 Å². The molecule has 0 radical (unpaired) electrons. The second-order valence-electron chi connectivity index (χ2n) is 4.82. The summed E-state index contributed by atoms with van der Waals surface area (Å²) in [6.07, 6.45) is 0. The Morgan fingerprint density at radius 1 is 1.05 bits per heavy atom. The van der Waals surface area contributed by atoms with Crippen molar-refractivity contribution in [2.75, 3.05) is 13.1 Å². The molecule has 2 aromatic rings. The molecule has 0 spiro atoms. The van der Waals surface area contributed by atoms with Gasteiger partial charge < -0.3 is 5.32 Å². The fraction of sp³-hybridized carbons (Fsp3) is 0.235. The first-order valence-electron chi connectivity index (χ1n) is 6.94. The molecule has 1 aliphatic rings. The number of nitrogens with one attached hydrogen (secondary N) is 1. The van der Waals surface area contributed by atoms with Crippen LogP contribution in [0.2, 0.25) is 0 Å². The smallest absolute Gasteiger partial charge is 0.110 e.